The summed E-state index contributed by atoms with van der Waals surface area (Å²) in [5, 5.41) is 13.0. The fourth-order valence-corrected chi connectivity index (χ4v) is 5.23. The van der Waals surface area contributed by atoms with Gasteiger partial charge in [0, 0.05) is 55.8 Å². The van der Waals surface area contributed by atoms with Crippen molar-refractivity contribution in [2.45, 2.75) is 30.7 Å². The predicted molar refractivity (Wildman–Crippen MR) is 135 cm³/mol. The Hall–Kier alpha value is -3.61. The van der Waals surface area contributed by atoms with Crippen LogP contribution in [0, 0.1) is 0 Å². The number of nitrogens with zero attached hydrogens (tertiary/aromatic N) is 1. The molecule has 1 amide bonds. The summed E-state index contributed by atoms with van der Waals surface area (Å²) in [6, 6.07) is 11.8. The van der Waals surface area contributed by atoms with Crippen molar-refractivity contribution in [3.8, 4) is 5.75 Å². The highest BCUT2D eigenvalue weighted by Gasteiger charge is 2.27. The number of alkyl halides is 2. The number of esters is 1. The minimum Gasteiger partial charge on any atom is -0.426 e. The Bertz CT molecular complexity index is 1410. The van der Waals surface area contributed by atoms with Crippen LogP contribution in [0.15, 0.2) is 59.5 Å². The summed E-state index contributed by atoms with van der Waals surface area (Å²) in [6.07, 6.45) is -3.19. The Kier molecular flexibility index (Phi) is 8.79. The van der Waals surface area contributed by atoms with E-state index in [-0.39, 0.29) is 17.0 Å². The van der Waals surface area contributed by atoms with Crippen molar-refractivity contribution in [1.82, 2.24) is 4.72 Å². The van der Waals surface area contributed by atoms with Crippen molar-refractivity contribution < 1.29 is 36.6 Å². The third-order valence-corrected chi connectivity index (χ3v) is 6.96. The van der Waals surface area contributed by atoms with Gasteiger partial charge in [-0.2, -0.15) is 4.72 Å². The SMILES string of the molecule is CC(=O)Oc1cc(NC(=O)[C@H](CCO)NS(=O)(=O)c2cccc3c(N(C)C)cccc23)ccc1C(F)F. The average molecular weight is 536 g/mol. The van der Waals surface area contributed by atoms with Crippen LogP contribution in [-0.2, 0) is 19.6 Å². The Labute approximate surface area is 213 Å². The quantitative estimate of drug-likeness (QED) is 0.268. The first kappa shape index (κ1) is 28.0. The maximum Gasteiger partial charge on any atom is 0.308 e. The number of carbonyl (C=O) groups excluding carboxylic acids is 2. The second kappa shape index (κ2) is 11.6. The van der Waals surface area contributed by atoms with Gasteiger partial charge in [0.2, 0.25) is 15.9 Å². The van der Waals surface area contributed by atoms with Gasteiger partial charge in [-0.25, -0.2) is 17.2 Å². The van der Waals surface area contributed by atoms with Crippen LogP contribution in [0.5, 0.6) is 5.75 Å². The molecule has 0 aliphatic rings. The van der Waals surface area contributed by atoms with Gasteiger partial charge in [-0.3, -0.25) is 9.59 Å². The van der Waals surface area contributed by atoms with Crippen molar-refractivity contribution in [2.75, 3.05) is 30.9 Å². The van der Waals surface area contributed by atoms with Crippen LogP contribution in [0.25, 0.3) is 10.8 Å². The molecule has 0 heterocycles. The van der Waals surface area contributed by atoms with Crippen LogP contribution in [-0.4, -0.2) is 52.1 Å². The highest BCUT2D eigenvalue weighted by molar-refractivity contribution is 7.89. The molecular formula is C25H27F2N3O6S. The summed E-state index contributed by atoms with van der Waals surface area (Å²) in [6.45, 7) is 0.533. The summed E-state index contributed by atoms with van der Waals surface area (Å²) in [5.41, 5.74) is 0.248. The minimum absolute atomic E-state index is 0.00595. The van der Waals surface area contributed by atoms with Crippen molar-refractivity contribution in [3.05, 3.63) is 60.2 Å². The number of hydrogen-bond acceptors (Lipinski definition) is 7. The van der Waals surface area contributed by atoms with E-state index in [9.17, 15) is 31.9 Å². The summed E-state index contributed by atoms with van der Waals surface area (Å²) >= 11 is 0. The van der Waals surface area contributed by atoms with E-state index in [1.165, 1.54) is 12.1 Å². The fourth-order valence-electron chi connectivity index (χ4n) is 3.78. The van der Waals surface area contributed by atoms with E-state index < -0.39 is 52.3 Å². The lowest BCUT2D eigenvalue weighted by Gasteiger charge is -2.20. The molecule has 3 rings (SSSR count). The maximum atomic E-state index is 13.3. The van der Waals surface area contributed by atoms with Gasteiger partial charge in [-0.05, 0) is 30.7 Å². The number of anilines is 2. The van der Waals surface area contributed by atoms with Gasteiger partial charge in [0.25, 0.3) is 6.43 Å². The molecule has 3 aromatic rings. The molecule has 37 heavy (non-hydrogen) atoms. The number of ether oxygens (including phenoxy) is 1. The van der Waals surface area contributed by atoms with Gasteiger partial charge in [0.05, 0.1) is 10.5 Å². The van der Waals surface area contributed by atoms with Crippen molar-refractivity contribution in [3.63, 3.8) is 0 Å². The van der Waals surface area contributed by atoms with Crippen molar-refractivity contribution in [2.24, 2.45) is 0 Å². The zero-order valence-electron chi connectivity index (χ0n) is 20.4. The molecule has 3 N–H and O–H groups in total. The normalized spacial score (nSPS) is 12.4. The summed E-state index contributed by atoms with van der Waals surface area (Å²) in [5.74, 6) is -2.11. The molecular weight excluding hydrogens is 508 g/mol. The second-order valence-electron chi connectivity index (χ2n) is 8.35. The van der Waals surface area contributed by atoms with E-state index in [0.717, 1.165) is 24.7 Å². The molecule has 12 heteroatoms. The first-order chi connectivity index (χ1) is 17.4. The molecule has 3 aromatic carbocycles. The number of carbonyl (C=O) groups is 2. The molecule has 0 aliphatic heterocycles. The van der Waals surface area contributed by atoms with Crippen LogP contribution >= 0.6 is 0 Å². The van der Waals surface area contributed by atoms with Crippen LogP contribution in [0.1, 0.15) is 25.3 Å². The summed E-state index contributed by atoms with van der Waals surface area (Å²) in [4.78, 5) is 26.0. The van der Waals surface area contributed by atoms with Gasteiger partial charge in [0.1, 0.15) is 11.8 Å². The van der Waals surface area contributed by atoms with Gasteiger partial charge in [-0.15, -0.1) is 0 Å². The standard InChI is InChI=1S/C25H27F2N3O6S/c1-15(32)36-22-14-16(10-11-19(22)24(26)27)28-25(33)20(12-13-31)29-37(34,35)23-9-5-6-17-18(23)7-4-8-21(17)30(2)3/h4-11,14,20,24,29,31H,12-13H2,1-3H3,(H,28,33)/t20-/m0/s1. The summed E-state index contributed by atoms with van der Waals surface area (Å²) < 4.78 is 60.3. The number of benzene rings is 3. The van der Waals surface area contributed by atoms with Gasteiger partial charge >= 0.3 is 5.97 Å². The first-order valence-electron chi connectivity index (χ1n) is 11.2. The molecule has 0 aromatic heterocycles. The van der Waals surface area contributed by atoms with Gasteiger partial charge in [0.15, 0.2) is 0 Å². The van der Waals surface area contributed by atoms with E-state index in [1.807, 2.05) is 25.1 Å². The minimum atomic E-state index is -4.24. The molecule has 0 saturated heterocycles. The Morgan fingerprint density at radius 1 is 1.05 bits per heavy atom. The molecule has 0 fully saturated rings. The molecule has 0 unspecified atom stereocenters. The topological polar surface area (TPSA) is 125 Å². The second-order valence-corrected chi connectivity index (χ2v) is 10.0. The van der Waals surface area contributed by atoms with Gasteiger partial charge in [-0.1, -0.05) is 24.3 Å². The summed E-state index contributed by atoms with van der Waals surface area (Å²) in [7, 11) is -0.579. The Morgan fingerprint density at radius 3 is 2.35 bits per heavy atom. The number of aliphatic hydroxyl groups is 1. The Morgan fingerprint density at radius 2 is 1.73 bits per heavy atom. The molecule has 0 bridgehead atoms. The number of sulfonamides is 1. The lowest BCUT2D eigenvalue weighted by Crippen LogP contribution is -2.44. The number of rotatable bonds is 10. The fraction of sp³-hybridized carbons (Fsp3) is 0.280. The molecule has 0 aliphatic carbocycles. The lowest BCUT2D eigenvalue weighted by molar-refractivity contribution is -0.132. The highest BCUT2D eigenvalue weighted by atomic mass is 32.2. The van der Waals surface area contributed by atoms with Gasteiger partial charge < -0.3 is 20.1 Å². The zero-order chi connectivity index (χ0) is 27.3. The number of aliphatic hydroxyl groups excluding tert-OH is 1. The smallest absolute Gasteiger partial charge is 0.308 e. The van der Waals surface area contributed by atoms with Crippen LogP contribution in [0.3, 0.4) is 0 Å². The maximum absolute atomic E-state index is 13.3. The third-order valence-electron chi connectivity index (χ3n) is 5.43. The molecule has 0 radical (unpaired) electrons. The van der Waals surface area contributed by atoms with E-state index in [1.54, 1.807) is 24.3 Å². The van der Waals surface area contributed by atoms with Crippen LogP contribution in [0.4, 0.5) is 20.2 Å². The van der Waals surface area contributed by atoms with E-state index >= 15 is 0 Å². The largest absolute Gasteiger partial charge is 0.426 e. The first-order valence-corrected chi connectivity index (χ1v) is 12.7. The van der Waals surface area contributed by atoms with Crippen molar-refractivity contribution >= 4 is 44.0 Å². The van der Waals surface area contributed by atoms with E-state index in [2.05, 4.69) is 10.0 Å². The van der Waals surface area contributed by atoms with Crippen LogP contribution in [0.2, 0.25) is 0 Å². The van der Waals surface area contributed by atoms with Crippen LogP contribution < -0.4 is 19.7 Å². The number of nitrogens with one attached hydrogen (secondary N) is 2. The number of fused-ring (bicyclic) bond motifs is 1. The molecule has 1 atom stereocenters. The molecule has 9 nitrogen and oxygen atoms in total. The number of amides is 1. The molecule has 0 saturated carbocycles. The monoisotopic (exact) mass is 535 g/mol. The lowest BCUT2D eigenvalue weighted by atomic mass is 10.1. The predicted octanol–water partition coefficient (Wildman–Crippen LogP) is 3.44. The Balaban J connectivity index is 1.91. The van der Waals surface area contributed by atoms with E-state index in [0.29, 0.717) is 10.8 Å². The average Bonchev–Trinajstić information content (AvgIpc) is 2.82. The number of halogens is 2. The zero-order valence-corrected chi connectivity index (χ0v) is 21.2. The third kappa shape index (κ3) is 6.59. The number of hydrogen-bond donors (Lipinski definition) is 3. The molecule has 0 spiro atoms. The highest BCUT2D eigenvalue weighted by Crippen LogP contribution is 2.32. The molecule has 198 valence electrons. The van der Waals surface area contributed by atoms with Crippen molar-refractivity contribution in [1.29, 1.82) is 0 Å². The van der Waals surface area contributed by atoms with E-state index in [4.69, 9.17) is 4.74 Å².